The van der Waals surface area contributed by atoms with Gasteiger partial charge in [-0.2, -0.15) is 0 Å². The molecule has 1 aliphatic rings. The first kappa shape index (κ1) is 12.8. The molecule has 104 valence electrons. The van der Waals surface area contributed by atoms with Gasteiger partial charge in [0.2, 0.25) is 11.8 Å². The Morgan fingerprint density at radius 1 is 1.35 bits per heavy atom. The summed E-state index contributed by atoms with van der Waals surface area (Å²) in [5.74, 6) is 0.378. The first-order valence-electron chi connectivity index (χ1n) is 6.72. The highest BCUT2D eigenvalue weighted by molar-refractivity contribution is 5.90. The second kappa shape index (κ2) is 5.83. The van der Waals surface area contributed by atoms with E-state index in [1.807, 2.05) is 30.3 Å². The maximum Gasteiger partial charge on any atom is 0.322 e. The molecule has 1 aromatic carbocycles. The molecule has 0 radical (unpaired) electrons. The summed E-state index contributed by atoms with van der Waals surface area (Å²) in [4.78, 5) is 11.9. The number of benzene rings is 1. The summed E-state index contributed by atoms with van der Waals surface area (Å²) >= 11 is 0. The van der Waals surface area contributed by atoms with Crippen LogP contribution in [0.3, 0.4) is 0 Å². The van der Waals surface area contributed by atoms with Crippen molar-refractivity contribution < 1.29 is 9.21 Å². The van der Waals surface area contributed by atoms with Crippen LogP contribution in [0.4, 0.5) is 6.01 Å². The van der Waals surface area contributed by atoms with E-state index in [4.69, 9.17) is 4.42 Å². The van der Waals surface area contributed by atoms with Gasteiger partial charge in [0.25, 0.3) is 0 Å². The van der Waals surface area contributed by atoms with Gasteiger partial charge >= 0.3 is 6.01 Å². The lowest BCUT2D eigenvalue weighted by atomic mass is 10.1. The number of carbonyl (C=O) groups is 1. The van der Waals surface area contributed by atoms with Crippen molar-refractivity contribution in [1.29, 1.82) is 0 Å². The molecule has 2 heterocycles. The maximum absolute atomic E-state index is 11.9. The third-order valence-electron chi connectivity index (χ3n) is 3.25. The SMILES string of the molecule is O=C(Cc1ccccc1)Nc1nnc(C2CCCN2)o1. The van der Waals surface area contributed by atoms with Crippen LogP contribution in [-0.2, 0) is 11.2 Å². The molecular weight excluding hydrogens is 256 g/mol. The zero-order valence-corrected chi connectivity index (χ0v) is 11.0. The Balaban J connectivity index is 1.59. The number of amides is 1. The van der Waals surface area contributed by atoms with Crippen molar-refractivity contribution in [1.82, 2.24) is 15.5 Å². The summed E-state index contributed by atoms with van der Waals surface area (Å²) in [6.07, 6.45) is 2.38. The van der Waals surface area contributed by atoms with E-state index in [2.05, 4.69) is 20.8 Å². The highest BCUT2D eigenvalue weighted by atomic mass is 16.4. The van der Waals surface area contributed by atoms with E-state index in [1.54, 1.807) is 0 Å². The number of rotatable bonds is 4. The molecule has 20 heavy (non-hydrogen) atoms. The quantitative estimate of drug-likeness (QED) is 0.885. The molecule has 6 nitrogen and oxygen atoms in total. The first-order valence-corrected chi connectivity index (χ1v) is 6.72. The number of hydrogen-bond donors (Lipinski definition) is 2. The number of anilines is 1. The van der Waals surface area contributed by atoms with Gasteiger partial charge in [0.1, 0.15) is 0 Å². The average Bonchev–Trinajstić information content (AvgIpc) is 3.10. The van der Waals surface area contributed by atoms with Crippen molar-refractivity contribution in [2.45, 2.75) is 25.3 Å². The second-order valence-electron chi connectivity index (χ2n) is 4.80. The van der Waals surface area contributed by atoms with E-state index in [1.165, 1.54) is 0 Å². The van der Waals surface area contributed by atoms with E-state index in [0.29, 0.717) is 12.3 Å². The van der Waals surface area contributed by atoms with Gasteiger partial charge in [-0.15, -0.1) is 5.10 Å². The Morgan fingerprint density at radius 3 is 2.95 bits per heavy atom. The van der Waals surface area contributed by atoms with Crippen molar-refractivity contribution in [3.63, 3.8) is 0 Å². The van der Waals surface area contributed by atoms with Crippen LogP contribution in [0.5, 0.6) is 0 Å². The maximum atomic E-state index is 11.9. The molecular formula is C14H16N4O2. The summed E-state index contributed by atoms with van der Waals surface area (Å²) in [6, 6.07) is 9.80. The largest absolute Gasteiger partial charge is 0.406 e. The molecule has 0 spiro atoms. The third-order valence-corrected chi connectivity index (χ3v) is 3.25. The van der Waals surface area contributed by atoms with Crippen LogP contribution in [-0.4, -0.2) is 22.6 Å². The van der Waals surface area contributed by atoms with Crippen LogP contribution in [0, 0.1) is 0 Å². The Kier molecular flexibility index (Phi) is 3.73. The standard InChI is InChI=1S/C14H16N4O2/c19-12(9-10-5-2-1-3-6-10)16-14-18-17-13(20-14)11-7-4-8-15-11/h1-3,5-6,11,15H,4,7-9H2,(H,16,18,19). The predicted molar refractivity (Wildman–Crippen MR) is 73.1 cm³/mol. The van der Waals surface area contributed by atoms with E-state index < -0.39 is 0 Å². The molecule has 0 aliphatic carbocycles. The van der Waals surface area contributed by atoms with Crippen molar-refractivity contribution >= 4 is 11.9 Å². The molecule has 1 aliphatic heterocycles. The molecule has 3 rings (SSSR count). The number of nitrogens with zero attached hydrogens (tertiary/aromatic N) is 2. The molecule has 0 saturated carbocycles. The lowest BCUT2D eigenvalue weighted by Crippen LogP contribution is -2.14. The van der Waals surface area contributed by atoms with Crippen LogP contribution in [0.15, 0.2) is 34.7 Å². The van der Waals surface area contributed by atoms with Crippen molar-refractivity contribution in [2.24, 2.45) is 0 Å². The fourth-order valence-electron chi connectivity index (χ4n) is 2.27. The van der Waals surface area contributed by atoms with Crippen molar-refractivity contribution in [3.05, 3.63) is 41.8 Å². The topological polar surface area (TPSA) is 80.0 Å². The monoisotopic (exact) mass is 272 g/mol. The second-order valence-corrected chi connectivity index (χ2v) is 4.80. The highest BCUT2D eigenvalue weighted by Crippen LogP contribution is 2.22. The minimum atomic E-state index is -0.161. The van der Waals surface area contributed by atoms with Gasteiger partial charge in [0.15, 0.2) is 0 Å². The van der Waals surface area contributed by atoms with E-state index in [0.717, 1.165) is 24.9 Å². The van der Waals surface area contributed by atoms with E-state index >= 15 is 0 Å². The zero-order chi connectivity index (χ0) is 13.8. The summed E-state index contributed by atoms with van der Waals surface area (Å²) in [7, 11) is 0. The Labute approximate surface area is 116 Å². The predicted octanol–water partition coefficient (Wildman–Crippen LogP) is 1.68. The summed E-state index contributed by atoms with van der Waals surface area (Å²) in [6.45, 7) is 0.961. The number of nitrogens with one attached hydrogen (secondary N) is 2. The highest BCUT2D eigenvalue weighted by Gasteiger charge is 2.22. The van der Waals surface area contributed by atoms with Gasteiger partial charge in [-0.3, -0.25) is 10.1 Å². The molecule has 1 unspecified atom stereocenters. The molecule has 1 aromatic heterocycles. The van der Waals surface area contributed by atoms with Crippen LogP contribution < -0.4 is 10.6 Å². The van der Waals surface area contributed by atoms with E-state index in [-0.39, 0.29) is 18.0 Å². The molecule has 1 amide bonds. The molecule has 1 fully saturated rings. The first-order chi connectivity index (χ1) is 9.81. The lowest BCUT2D eigenvalue weighted by molar-refractivity contribution is -0.115. The zero-order valence-electron chi connectivity index (χ0n) is 11.0. The Hall–Kier alpha value is -2.21. The normalized spacial score (nSPS) is 18.1. The van der Waals surface area contributed by atoms with Gasteiger partial charge in [-0.25, -0.2) is 0 Å². The number of carbonyl (C=O) groups excluding carboxylic acids is 1. The number of aromatic nitrogens is 2. The summed E-state index contributed by atoms with van der Waals surface area (Å²) in [5, 5.41) is 13.7. The minimum Gasteiger partial charge on any atom is -0.406 e. The van der Waals surface area contributed by atoms with Gasteiger partial charge in [0.05, 0.1) is 12.5 Å². The van der Waals surface area contributed by atoms with Gasteiger partial charge < -0.3 is 9.73 Å². The third kappa shape index (κ3) is 3.03. The van der Waals surface area contributed by atoms with Crippen molar-refractivity contribution in [3.8, 4) is 0 Å². The molecule has 2 N–H and O–H groups in total. The van der Waals surface area contributed by atoms with Crippen LogP contribution >= 0.6 is 0 Å². The fourth-order valence-corrected chi connectivity index (χ4v) is 2.27. The van der Waals surface area contributed by atoms with E-state index in [9.17, 15) is 4.79 Å². The van der Waals surface area contributed by atoms with Crippen molar-refractivity contribution in [2.75, 3.05) is 11.9 Å². The Bertz CT molecular complexity index is 576. The average molecular weight is 272 g/mol. The van der Waals surface area contributed by atoms with Crippen LogP contribution in [0.2, 0.25) is 0 Å². The molecule has 0 bridgehead atoms. The number of hydrogen-bond acceptors (Lipinski definition) is 5. The van der Waals surface area contributed by atoms with Gasteiger partial charge in [-0.1, -0.05) is 35.4 Å². The van der Waals surface area contributed by atoms with Crippen LogP contribution in [0.1, 0.15) is 30.3 Å². The molecule has 2 aromatic rings. The smallest absolute Gasteiger partial charge is 0.322 e. The van der Waals surface area contributed by atoms with Crippen LogP contribution in [0.25, 0.3) is 0 Å². The molecule has 1 atom stereocenters. The fraction of sp³-hybridized carbons (Fsp3) is 0.357. The Morgan fingerprint density at radius 2 is 2.20 bits per heavy atom. The molecule has 1 saturated heterocycles. The summed E-state index contributed by atoms with van der Waals surface area (Å²) in [5.41, 5.74) is 0.946. The van der Waals surface area contributed by atoms with Gasteiger partial charge in [0, 0.05) is 0 Å². The molecule has 6 heteroatoms. The lowest BCUT2D eigenvalue weighted by Gasteiger charge is -2.03. The summed E-state index contributed by atoms with van der Waals surface area (Å²) < 4.78 is 5.46. The van der Waals surface area contributed by atoms with Gasteiger partial charge in [-0.05, 0) is 24.9 Å². The minimum absolute atomic E-state index is 0.113.